The van der Waals surface area contributed by atoms with Crippen molar-refractivity contribution in [3.8, 4) is 0 Å². The Morgan fingerprint density at radius 2 is 2.25 bits per heavy atom. The molecule has 2 aromatic rings. The Kier molecular flexibility index (Phi) is 4.08. The second-order valence-electron chi connectivity index (χ2n) is 6.02. The third kappa shape index (κ3) is 3.07. The van der Waals surface area contributed by atoms with E-state index < -0.39 is 6.10 Å². The molecule has 4 rings (SSSR count). The van der Waals surface area contributed by atoms with Gasteiger partial charge in [-0.2, -0.15) is 0 Å². The van der Waals surface area contributed by atoms with E-state index in [4.69, 9.17) is 0 Å². The number of nitrogens with zero attached hydrogens (tertiary/aromatic N) is 2. The van der Waals surface area contributed by atoms with E-state index in [9.17, 15) is 9.90 Å². The highest BCUT2D eigenvalue weighted by atomic mass is 32.2. The summed E-state index contributed by atoms with van der Waals surface area (Å²) in [6.07, 6.45) is 5.87. The number of benzene rings is 1. The van der Waals surface area contributed by atoms with Gasteiger partial charge in [0, 0.05) is 11.6 Å². The number of carbonyl (C=O) groups excluding carboxylic acids is 1. The number of thioether (sulfide) groups is 1. The second kappa shape index (κ2) is 6.37. The number of pyridine rings is 1. The van der Waals surface area contributed by atoms with Gasteiger partial charge in [-0.1, -0.05) is 12.1 Å². The minimum Gasteiger partial charge on any atom is -0.391 e. The first-order chi connectivity index (χ1) is 11.7. The number of hydrogen-bond donors (Lipinski definition) is 2. The lowest BCUT2D eigenvalue weighted by Gasteiger charge is -2.09. The highest BCUT2D eigenvalue weighted by molar-refractivity contribution is 8.18. The Bertz CT molecular complexity index is 862. The molecule has 24 heavy (non-hydrogen) atoms. The van der Waals surface area contributed by atoms with E-state index in [1.165, 1.54) is 11.8 Å². The van der Waals surface area contributed by atoms with Crippen LogP contribution in [0.1, 0.15) is 24.8 Å². The van der Waals surface area contributed by atoms with Crippen molar-refractivity contribution in [1.82, 2.24) is 10.3 Å². The number of rotatable bonds is 2. The van der Waals surface area contributed by atoms with Crippen molar-refractivity contribution in [1.29, 1.82) is 0 Å². The van der Waals surface area contributed by atoms with Crippen LogP contribution in [0.2, 0.25) is 0 Å². The summed E-state index contributed by atoms with van der Waals surface area (Å²) in [6, 6.07) is 9.71. The van der Waals surface area contributed by atoms with E-state index in [0.29, 0.717) is 10.1 Å². The molecule has 6 heteroatoms. The molecule has 1 saturated carbocycles. The molecule has 1 aliphatic heterocycles. The van der Waals surface area contributed by atoms with Gasteiger partial charge in [-0.3, -0.25) is 14.8 Å². The average Bonchev–Trinajstić information content (AvgIpc) is 3.14. The summed E-state index contributed by atoms with van der Waals surface area (Å²) < 4.78 is 0. The molecular weight excluding hydrogens is 322 g/mol. The SMILES string of the molecule is O=C1NC(=N[C@@H]2CCC[C@H]2O)S/C1=C\c1ccc2ncccc2c1. The van der Waals surface area contributed by atoms with Crippen LogP contribution >= 0.6 is 11.8 Å². The Morgan fingerprint density at radius 1 is 1.33 bits per heavy atom. The Hall–Kier alpha value is -2.18. The van der Waals surface area contributed by atoms with Crippen LogP contribution in [-0.2, 0) is 4.79 Å². The predicted molar refractivity (Wildman–Crippen MR) is 96.5 cm³/mol. The zero-order valence-electron chi connectivity index (χ0n) is 13.0. The largest absolute Gasteiger partial charge is 0.391 e. The normalized spacial score (nSPS) is 27.3. The number of hydrogen-bond acceptors (Lipinski definition) is 5. The molecule has 0 unspecified atom stereocenters. The summed E-state index contributed by atoms with van der Waals surface area (Å²) in [4.78, 5) is 21.6. The topological polar surface area (TPSA) is 74.6 Å². The Labute approximate surface area is 143 Å². The number of amidine groups is 1. The van der Waals surface area contributed by atoms with E-state index in [2.05, 4.69) is 15.3 Å². The predicted octanol–water partition coefficient (Wildman–Crippen LogP) is 2.71. The number of aliphatic hydroxyl groups is 1. The van der Waals surface area contributed by atoms with Gasteiger partial charge < -0.3 is 10.4 Å². The van der Waals surface area contributed by atoms with Gasteiger partial charge in [0.2, 0.25) is 0 Å². The van der Waals surface area contributed by atoms with E-state index in [-0.39, 0.29) is 11.9 Å². The highest BCUT2D eigenvalue weighted by Crippen LogP contribution is 2.29. The molecule has 2 N–H and O–H groups in total. The number of nitrogens with one attached hydrogen (secondary N) is 1. The number of aliphatic hydroxyl groups excluding tert-OH is 1. The highest BCUT2D eigenvalue weighted by Gasteiger charge is 2.29. The maximum atomic E-state index is 12.2. The molecule has 1 aromatic carbocycles. The van der Waals surface area contributed by atoms with Gasteiger partial charge in [0.25, 0.3) is 5.91 Å². The summed E-state index contributed by atoms with van der Waals surface area (Å²) in [7, 11) is 0. The third-order valence-electron chi connectivity index (χ3n) is 4.30. The van der Waals surface area contributed by atoms with Crippen molar-refractivity contribution in [3.63, 3.8) is 0 Å². The van der Waals surface area contributed by atoms with E-state index in [1.807, 2.05) is 36.4 Å². The molecule has 5 nitrogen and oxygen atoms in total. The van der Waals surface area contributed by atoms with Gasteiger partial charge in [-0.25, -0.2) is 0 Å². The maximum absolute atomic E-state index is 12.2. The van der Waals surface area contributed by atoms with Crippen molar-refractivity contribution >= 4 is 39.8 Å². The van der Waals surface area contributed by atoms with Gasteiger partial charge in [0.15, 0.2) is 5.17 Å². The van der Waals surface area contributed by atoms with E-state index in [1.54, 1.807) is 6.20 Å². The van der Waals surface area contributed by atoms with Crippen molar-refractivity contribution in [2.75, 3.05) is 0 Å². The van der Waals surface area contributed by atoms with Crippen molar-refractivity contribution in [2.24, 2.45) is 4.99 Å². The first-order valence-corrected chi connectivity index (χ1v) is 8.82. The summed E-state index contributed by atoms with van der Waals surface area (Å²) in [5.41, 5.74) is 1.89. The lowest BCUT2D eigenvalue weighted by atomic mass is 10.1. The molecular formula is C18H17N3O2S. The van der Waals surface area contributed by atoms with Crippen LogP contribution in [-0.4, -0.2) is 33.3 Å². The third-order valence-corrected chi connectivity index (χ3v) is 5.23. The van der Waals surface area contributed by atoms with Gasteiger partial charge in [0.05, 0.1) is 22.6 Å². The fourth-order valence-corrected chi connectivity index (χ4v) is 3.92. The standard InChI is InChI=1S/C18H17N3O2S/c22-15-5-1-4-14(15)20-18-21-17(23)16(24-18)10-11-6-7-13-12(9-11)3-2-8-19-13/h2-3,6-10,14-15,22H,1,4-5H2,(H,20,21,23)/b16-10-/t14-,15-/m1/s1. The molecule has 1 amide bonds. The summed E-state index contributed by atoms with van der Waals surface area (Å²) in [5.74, 6) is -0.141. The zero-order chi connectivity index (χ0) is 16.5. The van der Waals surface area contributed by atoms with Crippen LogP contribution in [0.15, 0.2) is 46.4 Å². The average molecular weight is 339 g/mol. The number of aromatic nitrogens is 1. The summed E-state index contributed by atoms with van der Waals surface area (Å²) in [5, 5.41) is 14.3. The molecule has 1 saturated heterocycles. The van der Waals surface area contributed by atoms with Gasteiger partial charge in [-0.15, -0.1) is 0 Å². The Morgan fingerprint density at radius 3 is 3.08 bits per heavy atom. The molecule has 0 radical (unpaired) electrons. The fourth-order valence-electron chi connectivity index (χ4n) is 3.05. The minimum atomic E-state index is -0.393. The fraction of sp³-hybridized carbons (Fsp3) is 0.278. The number of fused-ring (bicyclic) bond motifs is 1. The quantitative estimate of drug-likeness (QED) is 0.825. The second-order valence-corrected chi connectivity index (χ2v) is 7.05. The monoisotopic (exact) mass is 339 g/mol. The Balaban J connectivity index is 1.57. The maximum Gasteiger partial charge on any atom is 0.264 e. The molecule has 0 bridgehead atoms. The molecule has 1 aromatic heterocycles. The first kappa shape index (κ1) is 15.4. The van der Waals surface area contributed by atoms with Crippen molar-refractivity contribution in [3.05, 3.63) is 47.0 Å². The van der Waals surface area contributed by atoms with Crippen LogP contribution < -0.4 is 5.32 Å². The summed E-state index contributed by atoms with van der Waals surface area (Å²) >= 11 is 1.33. The molecule has 2 atom stereocenters. The van der Waals surface area contributed by atoms with Crippen LogP contribution in [0.25, 0.3) is 17.0 Å². The minimum absolute atomic E-state index is 0.0982. The van der Waals surface area contributed by atoms with Gasteiger partial charge >= 0.3 is 0 Å². The van der Waals surface area contributed by atoms with Crippen LogP contribution in [0.4, 0.5) is 0 Å². The van der Waals surface area contributed by atoms with Crippen LogP contribution in [0, 0.1) is 0 Å². The number of amides is 1. The lowest BCUT2D eigenvalue weighted by Crippen LogP contribution is -2.24. The van der Waals surface area contributed by atoms with Gasteiger partial charge in [-0.05, 0) is 60.9 Å². The van der Waals surface area contributed by atoms with Crippen molar-refractivity contribution < 1.29 is 9.90 Å². The molecule has 2 fully saturated rings. The number of carbonyl (C=O) groups is 1. The van der Waals surface area contributed by atoms with E-state index >= 15 is 0 Å². The van der Waals surface area contributed by atoms with Crippen molar-refractivity contribution in [2.45, 2.75) is 31.4 Å². The smallest absolute Gasteiger partial charge is 0.264 e. The molecule has 2 aliphatic rings. The first-order valence-electron chi connectivity index (χ1n) is 8.00. The molecule has 2 heterocycles. The molecule has 1 aliphatic carbocycles. The van der Waals surface area contributed by atoms with E-state index in [0.717, 1.165) is 35.7 Å². The lowest BCUT2D eigenvalue weighted by molar-refractivity contribution is -0.115. The number of aliphatic imine (C=N–C) groups is 1. The van der Waals surface area contributed by atoms with Crippen LogP contribution in [0.5, 0.6) is 0 Å². The van der Waals surface area contributed by atoms with Crippen LogP contribution in [0.3, 0.4) is 0 Å². The molecule has 122 valence electrons. The zero-order valence-corrected chi connectivity index (χ0v) is 13.8. The van der Waals surface area contributed by atoms with Gasteiger partial charge in [0.1, 0.15) is 0 Å². The summed E-state index contributed by atoms with van der Waals surface area (Å²) in [6.45, 7) is 0. The molecule has 0 spiro atoms.